The number of rotatable bonds is 4. The number of halogens is 1. The van der Waals surface area contributed by atoms with Gasteiger partial charge in [-0.2, -0.15) is 5.10 Å². The zero-order valence-electron chi connectivity index (χ0n) is 13.0. The number of aromatic nitrogens is 2. The molecule has 0 spiro atoms. The Morgan fingerprint density at radius 3 is 2.50 bits per heavy atom. The Kier molecular flexibility index (Phi) is 4.52. The lowest BCUT2D eigenvalue weighted by Gasteiger charge is -2.36. The van der Waals surface area contributed by atoms with Crippen LogP contribution in [-0.4, -0.2) is 22.0 Å². The van der Waals surface area contributed by atoms with Crippen LogP contribution in [-0.2, 0) is 6.42 Å². The zero-order valence-corrected chi connectivity index (χ0v) is 13.0. The first kappa shape index (κ1) is 15.5. The van der Waals surface area contributed by atoms with E-state index in [4.69, 9.17) is 5.73 Å². The molecule has 0 amide bonds. The highest BCUT2D eigenvalue weighted by atomic mass is 19.1. The van der Waals surface area contributed by atoms with Gasteiger partial charge in [0, 0.05) is 19.2 Å². The molecule has 1 atom stereocenters. The summed E-state index contributed by atoms with van der Waals surface area (Å²) in [5, 5.41) is 4.60. The van der Waals surface area contributed by atoms with Gasteiger partial charge in [-0.15, -0.1) is 0 Å². The van der Waals surface area contributed by atoms with Gasteiger partial charge in [0.2, 0.25) is 0 Å². The molecule has 1 aromatic heterocycles. The van der Waals surface area contributed by atoms with E-state index in [1.165, 1.54) is 32.1 Å². The molecule has 114 valence electrons. The predicted molar refractivity (Wildman–Crippen MR) is 80.4 cm³/mol. The van der Waals surface area contributed by atoms with Crippen LogP contribution in [0.3, 0.4) is 0 Å². The first-order valence-corrected chi connectivity index (χ1v) is 7.79. The van der Waals surface area contributed by atoms with Gasteiger partial charge in [0.15, 0.2) is 0 Å². The molecule has 4 heteroatoms. The fourth-order valence-corrected chi connectivity index (χ4v) is 2.95. The quantitative estimate of drug-likeness (QED) is 0.915. The predicted octanol–water partition coefficient (Wildman–Crippen LogP) is 3.64. The highest BCUT2D eigenvalue weighted by molar-refractivity contribution is 5.08. The molecule has 1 aliphatic carbocycles. The molecule has 1 heterocycles. The van der Waals surface area contributed by atoms with Gasteiger partial charge >= 0.3 is 0 Å². The lowest BCUT2D eigenvalue weighted by atomic mass is 9.75. The van der Waals surface area contributed by atoms with Crippen molar-refractivity contribution in [1.82, 2.24) is 9.78 Å². The minimum absolute atomic E-state index is 0.0345. The van der Waals surface area contributed by atoms with Crippen molar-refractivity contribution in [2.45, 2.75) is 71.0 Å². The highest BCUT2D eigenvalue weighted by Crippen LogP contribution is 2.36. The van der Waals surface area contributed by atoms with E-state index in [1.54, 1.807) is 0 Å². The van der Waals surface area contributed by atoms with E-state index in [0.717, 1.165) is 5.69 Å². The average Bonchev–Trinajstić information content (AvgIpc) is 2.86. The average molecular weight is 281 g/mol. The van der Waals surface area contributed by atoms with Crippen LogP contribution in [0.15, 0.2) is 12.3 Å². The Morgan fingerprint density at radius 2 is 1.95 bits per heavy atom. The summed E-state index contributed by atoms with van der Waals surface area (Å²) in [5.74, 6) is 0. The molecule has 1 saturated carbocycles. The summed E-state index contributed by atoms with van der Waals surface area (Å²) >= 11 is 0. The Hall–Kier alpha value is -0.900. The third kappa shape index (κ3) is 3.22. The normalized spacial score (nSPS) is 20.9. The largest absolute Gasteiger partial charge is 0.327 e. The summed E-state index contributed by atoms with van der Waals surface area (Å²) in [4.78, 5) is 0. The Labute approximate surface area is 121 Å². The van der Waals surface area contributed by atoms with Gasteiger partial charge in [0.25, 0.3) is 0 Å². The minimum atomic E-state index is -1.40. The molecule has 0 bridgehead atoms. The molecule has 0 saturated heterocycles. The van der Waals surface area contributed by atoms with Crippen molar-refractivity contribution in [2.75, 3.05) is 6.54 Å². The van der Waals surface area contributed by atoms with Crippen LogP contribution in [0.4, 0.5) is 4.39 Å². The van der Waals surface area contributed by atoms with Gasteiger partial charge < -0.3 is 5.73 Å². The molecule has 0 aromatic carbocycles. The van der Waals surface area contributed by atoms with Crippen molar-refractivity contribution in [1.29, 1.82) is 0 Å². The van der Waals surface area contributed by atoms with Gasteiger partial charge in [-0.25, -0.2) is 4.39 Å². The van der Waals surface area contributed by atoms with E-state index < -0.39 is 11.1 Å². The van der Waals surface area contributed by atoms with Crippen molar-refractivity contribution < 1.29 is 4.39 Å². The van der Waals surface area contributed by atoms with Gasteiger partial charge in [-0.3, -0.25) is 4.68 Å². The lowest BCUT2D eigenvalue weighted by Crippen LogP contribution is -2.47. The van der Waals surface area contributed by atoms with Crippen LogP contribution >= 0.6 is 0 Å². The fourth-order valence-electron chi connectivity index (χ4n) is 2.95. The van der Waals surface area contributed by atoms with Gasteiger partial charge in [-0.05, 0) is 24.3 Å². The summed E-state index contributed by atoms with van der Waals surface area (Å²) in [6, 6.07) is 2.45. The van der Waals surface area contributed by atoms with Gasteiger partial charge in [-0.1, -0.05) is 40.0 Å². The van der Waals surface area contributed by atoms with E-state index in [-0.39, 0.29) is 6.54 Å². The monoisotopic (exact) mass is 281 g/mol. The van der Waals surface area contributed by atoms with Crippen LogP contribution in [0, 0.1) is 5.41 Å². The maximum Gasteiger partial charge on any atom is 0.133 e. The van der Waals surface area contributed by atoms with Crippen LogP contribution in [0.25, 0.3) is 0 Å². The molecular weight excluding hydrogens is 253 g/mol. The fraction of sp³-hybridized carbons (Fsp3) is 0.812. The summed E-state index contributed by atoms with van der Waals surface area (Å²) in [6.45, 7) is 5.74. The Bertz CT molecular complexity index is 429. The molecule has 2 rings (SSSR count). The lowest BCUT2D eigenvalue weighted by molar-refractivity contribution is 0.0371. The number of nitrogens with zero attached hydrogens (tertiary/aromatic N) is 2. The number of hydrogen-bond acceptors (Lipinski definition) is 2. The summed E-state index contributed by atoms with van der Waals surface area (Å²) in [7, 11) is 0. The van der Waals surface area contributed by atoms with Crippen molar-refractivity contribution in [3.63, 3.8) is 0 Å². The molecule has 1 aliphatic rings. The van der Waals surface area contributed by atoms with Crippen molar-refractivity contribution in [2.24, 2.45) is 11.1 Å². The first-order chi connectivity index (χ1) is 9.36. The number of nitrogens with two attached hydrogens (primary N) is 1. The minimum Gasteiger partial charge on any atom is -0.327 e. The maximum absolute atomic E-state index is 15.0. The first-order valence-electron chi connectivity index (χ1n) is 7.79. The van der Waals surface area contributed by atoms with Crippen LogP contribution in [0.1, 0.15) is 64.6 Å². The molecule has 20 heavy (non-hydrogen) atoms. The molecular formula is C16H28FN3. The smallest absolute Gasteiger partial charge is 0.133 e. The second-order valence-corrected chi connectivity index (χ2v) is 7.18. The summed E-state index contributed by atoms with van der Waals surface area (Å²) in [5.41, 5.74) is 4.62. The SMILES string of the molecule is CC(C)(C)C(F)(CN)Cc1ccn(C2CCCCC2)n1. The topological polar surface area (TPSA) is 43.8 Å². The Balaban J connectivity index is 2.08. The number of hydrogen-bond donors (Lipinski definition) is 1. The highest BCUT2D eigenvalue weighted by Gasteiger charge is 2.41. The van der Waals surface area contributed by atoms with Crippen LogP contribution < -0.4 is 5.73 Å². The van der Waals surface area contributed by atoms with Crippen LogP contribution in [0.5, 0.6) is 0 Å². The number of alkyl halides is 1. The van der Waals surface area contributed by atoms with E-state index in [0.29, 0.717) is 12.5 Å². The summed E-state index contributed by atoms with van der Waals surface area (Å²) in [6.07, 6.45) is 8.57. The molecule has 2 N–H and O–H groups in total. The second-order valence-electron chi connectivity index (χ2n) is 7.18. The van der Waals surface area contributed by atoms with E-state index in [9.17, 15) is 4.39 Å². The van der Waals surface area contributed by atoms with Crippen molar-refractivity contribution in [3.05, 3.63) is 18.0 Å². The molecule has 1 unspecified atom stereocenters. The Morgan fingerprint density at radius 1 is 1.30 bits per heavy atom. The van der Waals surface area contributed by atoms with Gasteiger partial charge in [0.1, 0.15) is 5.67 Å². The third-order valence-electron chi connectivity index (χ3n) is 4.74. The van der Waals surface area contributed by atoms with E-state index in [1.807, 2.05) is 37.7 Å². The van der Waals surface area contributed by atoms with E-state index >= 15 is 0 Å². The van der Waals surface area contributed by atoms with Crippen molar-refractivity contribution in [3.8, 4) is 0 Å². The summed E-state index contributed by atoms with van der Waals surface area (Å²) < 4.78 is 17.0. The maximum atomic E-state index is 15.0. The van der Waals surface area contributed by atoms with Gasteiger partial charge in [0.05, 0.1) is 11.7 Å². The van der Waals surface area contributed by atoms with Crippen molar-refractivity contribution >= 4 is 0 Å². The molecule has 0 aliphatic heterocycles. The van der Waals surface area contributed by atoms with E-state index in [2.05, 4.69) is 5.10 Å². The second kappa shape index (κ2) is 5.84. The molecule has 3 nitrogen and oxygen atoms in total. The molecule has 0 radical (unpaired) electrons. The molecule has 1 fully saturated rings. The standard InChI is InChI=1S/C16H28FN3/c1-15(2,3)16(17,12-18)11-13-9-10-20(19-13)14-7-5-4-6-8-14/h9-10,14H,4-8,11-12,18H2,1-3H3. The third-order valence-corrected chi connectivity index (χ3v) is 4.74. The molecule has 1 aromatic rings. The zero-order chi connectivity index (χ0) is 14.8. The van der Waals surface area contributed by atoms with Crippen LogP contribution in [0.2, 0.25) is 0 Å².